The average Bonchev–Trinajstić information content (AvgIpc) is 2.29. The summed E-state index contributed by atoms with van der Waals surface area (Å²) < 4.78 is 0. The molecule has 0 fully saturated rings. The number of hydrogen-bond donors (Lipinski definition) is 2. The summed E-state index contributed by atoms with van der Waals surface area (Å²) in [5, 5.41) is 3.24. The number of nitrogens with one attached hydrogen (secondary N) is 1. The van der Waals surface area contributed by atoms with Crippen molar-refractivity contribution in [2.45, 2.75) is 6.54 Å². The monoisotopic (exact) mass is 272 g/mol. The predicted molar refractivity (Wildman–Crippen MR) is 74.7 cm³/mol. The summed E-state index contributed by atoms with van der Waals surface area (Å²) >= 11 is 0. The quantitative estimate of drug-likeness (QED) is 0.901. The van der Waals surface area contributed by atoms with Gasteiger partial charge in [-0.05, 0) is 23.8 Å². The first-order chi connectivity index (χ1) is 7.36. The third kappa shape index (κ3) is 4.46. The van der Waals surface area contributed by atoms with Crippen molar-refractivity contribution in [2.24, 2.45) is 0 Å². The zero-order valence-electron chi connectivity index (χ0n) is 9.04. The number of rotatable bonds is 3. The molecule has 0 spiro atoms. The lowest BCUT2D eigenvalue weighted by molar-refractivity contribution is 1.12. The van der Waals surface area contributed by atoms with Crippen LogP contribution in [0.25, 0.3) is 0 Å². The Morgan fingerprint density at radius 1 is 1.00 bits per heavy atom. The minimum Gasteiger partial charge on any atom is -0.396 e. The molecule has 2 heterocycles. The number of pyridine rings is 2. The van der Waals surface area contributed by atoms with E-state index in [2.05, 4.69) is 15.3 Å². The molecule has 4 nitrogen and oxygen atoms in total. The second-order valence-corrected chi connectivity index (χ2v) is 3.17. The first kappa shape index (κ1) is 15.5. The molecule has 2 rings (SSSR count). The molecule has 92 valence electrons. The van der Waals surface area contributed by atoms with E-state index in [1.807, 2.05) is 18.2 Å². The Morgan fingerprint density at radius 2 is 1.65 bits per heavy atom. The van der Waals surface area contributed by atoms with E-state index < -0.39 is 0 Å². The lowest BCUT2D eigenvalue weighted by Crippen LogP contribution is -2.02. The van der Waals surface area contributed by atoms with Crippen molar-refractivity contribution in [2.75, 3.05) is 11.1 Å². The van der Waals surface area contributed by atoms with Crippen molar-refractivity contribution >= 4 is 36.2 Å². The fraction of sp³-hybridized carbons (Fsp3) is 0.0909. The highest BCUT2D eigenvalue weighted by atomic mass is 35.5. The van der Waals surface area contributed by atoms with E-state index >= 15 is 0 Å². The predicted octanol–water partition coefficient (Wildman–Crippen LogP) is 2.51. The van der Waals surface area contributed by atoms with Crippen LogP contribution in [0.2, 0.25) is 0 Å². The molecule has 0 unspecified atom stereocenters. The van der Waals surface area contributed by atoms with Crippen LogP contribution in [0.15, 0.2) is 43.0 Å². The molecule has 0 bridgehead atoms. The second-order valence-electron chi connectivity index (χ2n) is 3.17. The molecule has 17 heavy (non-hydrogen) atoms. The molecule has 0 amide bonds. The topological polar surface area (TPSA) is 63.8 Å². The smallest absolute Gasteiger partial charge is 0.0736 e. The van der Waals surface area contributed by atoms with Crippen LogP contribution >= 0.6 is 24.8 Å². The van der Waals surface area contributed by atoms with E-state index in [-0.39, 0.29) is 24.8 Å². The van der Waals surface area contributed by atoms with Gasteiger partial charge in [0.15, 0.2) is 0 Å². The Kier molecular flexibility index (Phi) is 7.02. The highest BCUT2D eigenvalue weighted by Crippen LogP contribution is 2.15. The Labute approximate surface area is 112 Å². The first-order valence-electron chi connectivity index (χ1n) is 4.68. The zero-order valence-corrected chi connectivity index (χ0v) is 10.7. The van der Waals surface area contributed by atoms with Gasteiger partial charge in [-0.3, -0.25) is 9.97 Å². The van der Waals surface area contributed by atoms with Crippen LogP contribution in [0.5, 0.6) is 0 Å². The summed E-state index contributed by atoms with van der Waals surface area (Å²) in [5.41, 5.74) is 8.48. The van der Waals surface area contributed by atoms with E-state index in [0.717, 1.165) is 12.2 Å². The van der Waals surface area contributed by atoms with Crippen LogP contribution in [-0.4, -0.2) is 9.97 Å². The number of nitrogen functional groups attached to an aromatic ring is 1. The van der Waals surface area contributed by atoms with Crippen molar-refractivity contribution in [3.63, 3.8) is 0 Å². The summed E-state index contributed by atoms with van der Waals surface area (Å²) in [6.07, 6.45) is 6.89. The molecule has 0 aliphatic rings. The molecule has 0 aliphatic heterocycles. The van der Waals surface area contributed by atoms with Crippen LogP contribution in [0, 0.1) is 0 Å². The summed E-state index contributed by atoms with van der Waals surface area (Å²) in [6, 6.07) is 5.78. The fourth-order valence-corrected chi connectivity index (χ4v) is 1.27. The third-order valence-corrected chi connectivity index (χ3v) is 2.08. The first-order valence-corrected chi connectivity index (χ1v) is 4.68. The number of anilines is 2. The van der Waals surface area contributed by atoms with Gasteiger partial charge < -0.3 is 11.1 Å². The van der Waals surface area contributed by atoms with Crippen molar-refractivity contribution in [3.05, 3.63) is 48.5 Å². The van der Waals surface area contributed by atoms with Crippen LogP contribution in [0.3, 0.4) is 0 Å². The third-order valence-electron chi connectivity index (χ3n) is 2.08. The van der Waals surface area contributed by atoms with E-state index in [4.69, 9.17) is 5.73 Å². The molecule has 6 heteroatoms. The maximum atomic E-state index is 5.75. The standard InChI is InChI=1S/C11H12N4.2ClH/c12-10-8-14-6-3-11(10)15-7-9-1-4-13-5-2-9;;/h1-6,8H,7,12H2,(H,14,15);2*1H. The number of halogens is 2. The molecule has 2 aromatic heterocycles. The van der Waals surface area contributed by atoms with Gasteiger partial charge in [0.2, 0.25) is 0 Å². The van der Waals surface area contributed by atoms with Gasteiger partial charge in [-0.25, -0.2) is 0 Å². The Morgan fingerprint density at radius 3 is 2.29 bits per heavy atom. The number of nitrogens with zero attached hydrogens (tertiary/aromatic N) is 2. The normalized spacial score (nSPS) is 8.71. The lowest BCUT2D eigenvalue weighted by atomic mass is 10.2. The average molecular weight is 273 g/mol. The molecule has 0 aliphatic carbocycles. The van der Waals surface area contributed by atoms with Gasteiger partial charge in [0.05, 0.1) is 17.6 Å². The summed E-state index contributed by atoms with van der Waals surface area (Å²) in [4.78, 5) is 7.88. The van der Waals surface area contributed by atoms with Crippen LogP contribution < -0.4 is 11.1 Å². The largest absolute Gasteiger partial charge is 0.396 e. The van der Waals surface area contributed by atoms with Gasteiger partial charge in [-0.15, -0.1) is 24.8 Å². The second kappa shape index (κ2) is 7.70. The van der Waals surface area contributed by atoms with Gasteiger partial charge >= 0.3 is 0 Å². The highest BCUT2D eigenvalue weighted by Gasteiger charge is 1.97. The van der Waals surface area contributed by atoms with Gasteiger partial charge in [0.25, 0.3) is 0 Å². The summed E-state index contributed by atoms with van der Waals surface area (Å²) in [7, 11) is 0. The maximum absolute atomic E-state index is 5.75. The molecular formula is C11H14Cl2N4. The van der Waals surface area contributed by atoms with Crippen LogP contribution in [0.4, 0.5) is 11.4 Å². The maximum Gasteiger partial charge on any atom is 0.0736 e. The van der Waals surface area contributed by atoms with Gasteiger partial charge in [0.1, 0.15) is 0 Å². The van der Waals surface area contributed by atoms with Gasteiger partial charge in [0, 0.05) is 25.1 Å². The number of aromatic nitrogens is 2. The highest BCUT2D eigenvalue weighted by molar-refractivity contribution is 5.85. The summed E-state index contributed by atoms with van der Waals surface area (Å²) in [5.74, 6) is 0. The van der Waals surface area contributed by atoms with Crippen molar-refractivity contribution < 1.29 is 0 Å². The van der Waals surface area contributed by atoms with E-state index in [1.165, 1.54) is 5.56 Å². The van der Waals surface area contributed by atoms with Crippen molar-refractivity contribution in [1.82, 2.24) is 9.97 Å². The van der Waals surface area contributed by atoms with E-state index in [0.29, 0.717) is 5.69 Å². The molecule has 0 saturated carbocycles. The minimum atomic E-state index is 0. The minimum absolute atomic E-state index is 0. The van der Waals surface area contributed by atoms with Crippen LogP contribution in [-0.2, 0) is 6.54 Å². The van der Waals surface area contributed by atoms with Gasteiger partial charge in [-0.1, -0.05) is 0 Å². The number of hydrogen-bond acceptors (Lipinski definition) is 4. The van der Waals surface area contributed by atoms with Gasteiger partial charge in [-0.2, -0.15) is 0 Å². The van der Waals surface area contributed by atoms with Crippen molar-refractivity contribution in [1.29, 1.82) is 0 Å². The lowest BCUT2D eigenvalue weighted by Gasteiger charge is -2.07. The van der Waals surface area contributed by atoms with Crippen LogP contribution in [0.1, 0.15) is 5.56 Å². The fourth-order valence-electron chi connectivity index (χ4n) is 1.27. The molecule has 0 atom stereocenters. The molecule has 2 aromatic rings. The molecule has 0 saturated heterocycles. The number of nitrogens with two attached hydrogens (primary N) is 1. The SMILES string of the molecule is Cl.Cl.Nc1cnccc1NCc1ccncc1. The Bertz CT molecular complexity index is 436. The van der Waals surface area contributed by atoms with E-state index in [1.54, 1.807) is 24.8 Å². The summed E-state index contributed by atoms with van der Waals surface area (Å²) in [6.45, 7) is 0.733. The zero-order chi connectivity index (χ0) is 10.5. The molecule has 0 radical (unpaired) electrons. The molecular weight excluding hydrogens is 259 g/mol. The van der Waals surface area contributed by atoms with Crippen molar-refractivity contribution in [3.8, 4) is 0 Å². The molecule has 0 aromatic carbocycles. The van der Waals surface area contributed by atoms with E-state index in [9.17, 15) is 0 Å². The Hall–Kier alpha value is -1.52. The molecule has 3 N–H and O–H groups in total. The Balaban J connectivity index is 0.00000128.